The largest absolute Gasteiger partial charge is 0.494 e. The molecule has 2 atom stereocenters. The van der Waals surface area contributed by atoms with Gasteiger partial charge in [-0.25, -0.2) is 0 Å². The van der Waals surface area contributed by atoms with Gasteiger partial charge in [0, 0.05) is 11.7 Å². The van der Waals surface area contributed by atoms with Gasteiger partial charge in [0.25, 0.3) is 0 Å². The third-order valence-electron chi connectivity index (χ3n) is 5.08. The number of methoxy groups -OCH3 is 1. The Morgan fingerprint density at radius 1 is 1.24 bits per heavy atom. The highest BCUT2D eigenvalue weighted by atomic mass is 32.2. The van der Waals surface area contributed by atoms with Crippen LogP contribution >= 0.6 is 11.8 Å². The molecule has 2 heterocycles. The number of ether oxygens (including phenoxy) is 1. The lowest BCUT2D eigenvalue weighted by atomic mass is 10.1. The minimum absolute atomic E-state index is 0.0539. The molecule has 2 aromatic carbocycles. The molecule has 1 amide bonds. The Morgan fingerprint density at radius 3 is 2.83 bits per heavy atom. The van der Waals surface area contributed by atoms with Crippen LogP contribution in [0.15, 0.2) is 47.6 Å². The van der Waals surface area contributed by atoms with Crippen molar-refractivity contribution in [2.45, 2.75) is 43.6 Å². The van der Waals surface area contributed by atoms with Crippen LogP contribution in [0, 0.1) is 6.92 Å². The minimum atomic E-state index is -0.343. The van der Waals surface area contributed by atoms with Crippen molar-refractivity contribution >= 4 is 23.4 Å². The minimum Gasteiger partial charge on any atom is -0.494 e. The van der Waals surface area contributed by atoms with Crippen molar-refractivity contribution in [2.24, 2.45) is 0 Å². The van der Waals surface area contributed by atoms with Gasteiger partial charge in [-0.1, -0.05) is 36.0 Å². The van der Waals surface area contributed by atoms with Crippen molar-refractivity contribution in [3.63, 3.8) is 0 Å². The summed E-state index contributed by atoms with van der Waals surface area (Å²) in [7, 11) is 1.61. The second-order valence-electron chi connectivity index (χ2n) is 7.20. The molecule has 0 fully saturated rings. The highest BCUT2D eigenvalue weighted by molar-refractivity contribution is 8.00. The number of tetrazole rings is 1. The molecule has 7 nitrogen and oxygen atoms in total. The van der Waals surface area contributed by atoms with Gasteiger partial charge in [-0.15, -0.1) is 5.10 Å². The van der Waals surface area contributed by atoms with Crippen molar-refractivity contribution < 1.29 is 9.53 Å². The number of aryl methyl sites for hydroxylation is 1. The average molecular weight is 410 g/mol. The summed E-state index contributed by atoms with van der Waals surface area (Å²) in [4.78, 5) is 15.2. The van der Waals surface area contributed by atoms with Crippen molar-refractivity contribution in [2.75, 3.05) is 12.0 Å². The molecule has 0 bridgehead atoms. The predicted molar refractivity (Wildman–Crippen MR) is 113 cm³/mol. The summed E-state index contributed by atoms with van der Waals surface area (Å²) in [5.41, 5.74) is 4.02. The first kappa shape index (κ1) is 19.4. The van der Waals surface area contributed by atoms with Gasteiger partial charge in [-0.3, -0.25) is 4.79 Å². The zero-order valence-corrected chi connectivity index (χ0v) is 17.7. The zero-order valence-electron chi connectivity index (χ0n) is 16.9. The molecule has 0 aliphatic carbocycles. The number of carbonyl (C=O) groups is 1. The van der Waals surface area contributed by atoms with E-state index >= 15 is 0 Å². The van der Waals surface area contributed by atoms with Crippen LogP contribution in [0.1, 0.15) is 25.0 Å². The molecule has 1 aliphatic heterocycles. The van der Waals surface area contributed by atoms with Gasteiger partial charge in [0.2, 0.25) is 11.1 Å². The number of hydrogen-bond acceptors (Lipinski definition) is 6. The summed E-state index contributed by atoms with van der Waals surface area (Å²) < 4.78 is 7.09. The van der Waals surface area contributed by atoms with E-state index in [2.05, 4.69) is 28.5 Å². The number of amides is 1. The number of benzene rings is 2. The maximum Gasteiger partial charge on any atom is 0.240 e. The molecule has 1 aliphatic rings. The lowest BCUT2D eigenvalue weighted by Gasteiger charge is -2.25. The smallest absolute Gasteiger partial charge is 0.240 e. The second kappa shape index (κ2) is 7.87. The molecular formula is C21H23N5O2S. The molecule has 0 radical (unpaired) electrons. The Balaban J connectivity index is 1.59. The third kappa shape index (κ3) is 3.60. The van der Waals surface area contributed by atoms with Crippen LogP contribution in [0.5, 0.6) is 5.75 Å². The van der Waals surface area contributed by atoms with Crippen LogP contribution in [0.25, 0.3) is 5.69 Å². The Labute approximate surface area is 174 Å². The van der Waals surface area contributed by atoms with Crippen LogP contribution in [0.3, 0.4) is 0 Å². The molecule has 0 unspecified atom stereocenters. The van der Waals surface area contributed by atoms with Gasteiger partial charge in [0.1, 0.15) is 11.4 Å². The highest BCUT2D eigenvalue weighted by Crippen LogP contribution is 2.35. The predicted octanol–water partition coefficient (Wildman–Crippen LogP) is 3.44. The van der Waals surface area contributed by atoms with Gasteiger partial charge < -0.3 is 9.64 Å². The fourth-order valence-electron chi connectivity index (χ4n) is 3.67. The first-order valence-electron chi connectivity index (χ1n) is 9.50. The fourth-order valence-corrected chi connectivity index (χ4v) is 4.52. The first-order valence-corrected chi connectivity index (χ1v) is 10.4. The number of para-hydroxylation sites is 1. The van der Waals surface area contributed by atoms with Gasteiger partial charge in [0.15, 0.2) is 0 Å². The maximum atomic E-state index is 13.3. The fraction of sp³-hybridized carbons (Fsp3) is 0.333. The lowest BCUT2D eigenvalue weighted by molar-refractivity contribution is -0.118. The van der Waals surface area contributed by atoms with Gasteiger partial charge in [-0.2, -0.15) is 4.68 Å². The summed E-state index contributed by atoms with van der Waals surface area (Å²) >= 11 is 1.35. The average Bonchev–Trinajstić information content (AvgIpc) is 3.30. The molecule has 0 N–H and O–H groups in total. The maximum absolute atomic E-state index is 13.3. The SMILES string of the molecule is COc1ccc(C)cc1-n1nnnc1S[C@@H](C)C(=O)N1c2ccccc2C[C@H]1C. The summed E-state index contributed by atoms with van der Waals surface area (Å²) in [6.07, 6.45) is 0.873. The first-order chi connectivity index (χ1) is 14.0. The molecular weight excluding hydrogens is 386 g/mol. The molecule has 1 aromatic heterocycles. The summed E-state index contributed by atoms with van der Waals surface area (Å²) in [5, 5.41) is 12.3. The topological polar surface area (TPSA) is 73.1 Å². The number of anilines is 1. The monoisotopic (exact) mass is 409 g/mol. The number of hydrogen-bond donors (Lipinski definition) is 0. The van der Waals surface area contributed by atoms with Gasteiger partial charge >= 0.3 is 0 Å². The molecule has 150 valence electrons. The normalized spacial score (nSPS) is 16.6. The van der Waals surface area contributed by atoms with E-state index in [1.807, 2.05) is 55.1 Å². The van der Waals surface area contributed by atoms with Crippen LogP contribution < -0.4 is 9.64 Å². The quantitative estimate of drug-likeness (QED) is 0.601. The molecule has 0 spiro atoms. The van der Waals surface area contributed by atoms with E-state index in [1.165, 1.54) is 17.3 Å². The Hall–Kier alpha value is -2.87. The van der Waals surface area contributed by atoms with Crippen molar-refractivity contribution in [3.05, 3.63) is 53.6 Å². The molecule has 3 aromatic rings. The molecule has 29 heavy (non-hydrogen) atoms. The number of fused-ring (bicyclic) bond motifs is 1. The lowest BCUT2D eigenvalue weighted by Crippen LogP contribution is -2.40. The number of carbonyl (C=O) groups excluding carboxylic acids is 1. The number of rotatable bonds is 5. The van der Waals surface area contributed by atoms with Crippen LogP contribution in [0.4, 0.5) is 5.69 Å². The standard InChI is InChI=1S/C21H23N5O2S/c1-13-9-10-19(28-4)18(11-13)26-21(22-23-24-26)29-15(3)20(27)25-14(2)12-16-7-5-6-8-17(16)25/h5-11,14-15H,12H2,1-4H3/t14-,15+/m1/s1. The number of thioether (sulfide) groups is 1. The molecule has 8 heteroatoms. The summed E-state index contributed by atoms with van der Waals surface area (Å²) in [6, 6.07) is 14.0. The van der Waals surface area contributed by atoms with E-state index in [1.54, 1.807) is 11.8 Å². The van der Waals surface area contributed by atoms with E-state index in [9.17, 15) is 4.79 Å². The van der Waals surface area contributed by atoms with E-state index < -0.39 is 0 Å². The Morgan fingerprint density at radius 2 is 2.03 bits per heavy atom. The summed E-state index contributed by atoms with van der Waals surface area (Å²) in [6.45, 7) is 5.97. The zero-order chi connectivity index (χ0) is 20.5. The second-order valence-corrected chi connectivity index (χ2v) is 8.51. The number of aromatic nitrogens is 4. The molecule has 0 saturated heterocycles. The van der Waals surface area contributed by atoms with Crippen molar-refractivity contribution in [3.8, 4) is 11.4 Å². The van der Waals surface area contributed by atoms with Crippen LogP contribution in [-0.4, -0.2) is 44.5 Å². The van der Waals surface area contributed by atoms with E-state index in [0.717, 1.165) is 23.4 Å². The van der Waals surface area contributed by atoms with Crippen LogP contribution in [0.2, 0.25) is 0 Å². The van der Waals surface area contributed by atoms with Crippen molar-refractivity contribution in [1.29, 1.82) is 0 Å². The number of nitrogens with zero attached hydrogens (tertiary/aromatic N) is 5. The van der Waals surface area contributed by atoms with E-state index in [4.69, 9.17) is 4.74 Å². The van der Waals surface area contributed by atoms with Gasteiger partial charge in [-0.05, 0) is 66.9 Å². The summed E-state index contributed by atoms with van der Waals surface area (Å²) in [5.74, 6) is 0.726. The Bertz CT molecular complexity index is 1050. The van der Waals surface area contributed by atoms with Gasteiger partial charge in [0.05, 0.1) is 12.4 Å². The molecule has 0 saturated carbocycles. The molecule has 4 rings (SSSR count). The van der Waals surface area contributed by atoms with E-state index in [-0.39, 0.29) is 17.2 Å². The van der Waals surface area contributed by atoms with E-state index in [0.29, 0.717) is 10.9 Å². The Kier molecular flexibility index (Phi) is 5.27. The third-order valence-corrected chi connectivity index (χ3v) is 6.10. The highest BCUT2D eigenvalue weighted by Gasteiger charge is 2.34. The van der Waals surface area contributed by atoms with Crippen LogP contribution in [-0.2, 0) is 11.2 Å². The van der Waals surface area contributed by atoms with Crippen molar-refractivity contribution in [1.82, 2.24) is 20.2 Å².